The van der Waals surface area contributed by atoms with Gasteiger partial charge in [-0.1, -0.05) is 188 Å². The van der Waals surface area contributed by atoms with Crippen molar-refractivity contribution in [2.75, 3.05) is 9.80 Å². The highest BCUT2D eigenvalue weighted by Crippen LogP contribution is 2.54. The smallest absolute Gasteiger partial charge is 0.0462 e. The number of hydrogen-bond acceptors (Lipinski definition) is 2. The minimum absolute atomic E-state index is 0.267. The van der Waals surface area contributed by atoms with Gasteiger partial charge in [0.05, 0.1) is 0 Å². The van der Waals surface area contributed by atoms with Gasteiger partial charge in [-0.3, -0.25) is 0 Å². The molecule has 0 aromatic heterocycles. The van der Waals surface area contributed by atoms with Crippen molar-refractivity contribution < 1.29 is 0 Å². The summed E-state index contributed by atoms with van der Waals surface area (Å²) in [6.07, 6.45) is 32.5. The van der Waals surface area contributed by atoms with Crippen LogP contribution in [0.4, 0.5) is 34.1 Å². The highest BCUT2D eigenvalue weighted by atomic mass is 15.1. The number of anilines is 6. The Labute approximate surface area is 430 Å². The van der Waals surface area contributed by atoms with Gasteiger partial charge in [-0.05, 0) is 189 Å². The molecule has 6 aromatic carbocycles. The van der Waals surface area contributed by atoms with Crippen LogP contribution in [0.2, 0.25) is 0 Å². The molecule has 0 saturated heterocycles. The normalized spacial score (nSPS) is 19.7. The van der Waals surface area contributed by atoms with Gasteiger partial charge in [0.25, 0.3) is 0 Å². The average Bonchev–Trinajstić information content (AvgIpc) is 3.44. The molecule has 0 bridgehead atoms. The van der Waals surface area contributed by atoms with Crippen LogP contribution in [0.3, 0.4) is 0 Å². The van der Waals surface area contributed by atoms with Crippen molar-refractivity contribution in [2.45, 2.75) is 116 Å². The molecule has 0 N–H and O–H groups in total. The summed E-state index contributed by atoms with van der Waals surface area (Å²) in [5.41, 5.74) is 23.6. The van der Waals surface area contributed by atoms with Crippen molar-refractivity contribution in [2.24, 2.45) is 11.8 Å². The molecule has 0 amide bonds. The molecule has 0 spiro atoms. The molecule has 2 saturated carbocycles. The number of allylic oxidation sites excluding steroid dienone is 14. The van der Waals surface area contributed by atoms with Crippen molar-refractivity contribution in [3.63, 3.8) is 0 Å². The van der Waals surface area contributed by atoms with Crippen LogP contribution in [-0.2, 0) is 0 Å². The summed E-state index contributed by atoms with van der Waals surface area (Å²) in [5, 5.41) is 0. The van der Waals surface area contributed by atoms with Gasteiger partial charge in [0.2, 0.25) is 0 Å². The first kappa shape index (κ1) is 46.2. The van der Waals surface area contributed by atoms with E-state index in [1.54, 1.807) is 0 Å². The van der Waals surface area contributed by atoms with Gasteiger partial charge in [-0.25, -0.2) is 0 Å². The molecule has 12 rings (SSSR count). The second-order valence-electron chi connectivity index (χ2n) is 22.1. The summed E-state index contributed by atoms with van der Waals surface area (Å²) in [6, 6.07) is 56.1. The van der Waals surface area contributed by atoms with E-state index in [-0.39, 0.29) is 11.8 Å². The van der Waals surface area contributed by atoms with Gasteiger partial charge in [-0.15, -0.1) is 0 Å². The molecule has 0 heterocycles. The zero-order chi connectivity index (χ0) is 48.7. The second kappa shape index (κ2) is 20.0. The number of benzene rings is 6. The zero-order valence-corrected chi connectivity index (χ0v) is 42.9. The van der Waals surface area contributed by atoms with E-state index in [2.05, 4.69) is 232 Å². The molecule has 6 aliphatic carbocycles. The first-order valence-corrected chi connectivity index (χ1v) is 27.5. The monoisotopic (exact) mass is 939 g/mol. The van der Waals surface area contributed by atoms with E-state index in [9.17, 15) is 0 Å². The molecule has 2 heteroatoms. The highest BCUT2D eigenvalue weighted by molar-refractivity contribution is 5.90. The van der Waals surface area contributed by atoms with E-state index < -0.39 is 0 Å². The minimum atomic E-state index is 0.267. The lowest BCUT2D eigenvalue weighted by Crippen LogP contribution is -2.30. The fraction of sp³-hybridized carbons (Fsp3) is 0.286. The first-order chi connectivity index (χ1) is 35.3. The Kier molecular flexibility index (Phi) is 12.8. The molecule has 0 aliphatic heterocycles. The maximum Gasteiger partial charge on any atom is 0.0462 e. The fourth-order valence-corrected chi connectivity index (χ4v) is 13.0. The summed E-state index contributed by atoms with van der Waals surface area (Å²) in [6.45, 7) is 9.09. The summed E-state index contributed by atoms with van der Waals surface area (Å²) < 4.78 is 0. The van der Waals surface area contributed by atoms with Gasteiger partial charge >= 0.3 is 0 Å². The molecule has 0 radical (unpaired) electrons. The summed E-state index contributed by atoms with van der Waals surface area (Å²) in [4.78, 5) is 4.87. The Morgan fingerprint density at radius 1 is 0.361 bits per heavy atom. The quantitative estimate of drug-likeness (QED) is 0.121. The van der Waals surface area contributed by atoms with Gasteiger partial charge in [-0.2, -0.15) is 0 Å². The van der Waals surface area contributed by atoms with Crippen LogP contribution < -0.4 is 9.80 Å². The first-order valence-electron chi connectivity index (χ1n) is 27.5. The largest absolute Gasteiger partial charge is 0.311 e. The van der Waals surface area contributed by atoms with Crippen LogP contribution in [0, 0.1) is 11.8 Å². The lowest BCUT2D eigenvalue weighted by molar-refractivity contribution is 0.443. The van der Waals surface area contributed by atoms with Crippen molar-refractivity contribution in [3.8, 4) is 0 Å². The van der Waals surface area contributed by atoms with Crippen molar-refractivity contribution in [1.82, 2.24) is 0 Å². The number of nitrogens with zero attached hydrogens (tertiary/aromatic N) is 2. The van der Waals surface area contributed by atoms with Crippen LogP contribution >= 0.6 is 0 Å². The lowest BCUT2D eigenvalue weighted by atomic mass is 9.61. The number of hydrogen-bond donors (Lipinski definition) is 0. The summed E-state index contributed by atoms with van der Waals surface area (Å²) >= 11 is 0. The molecule has 2 nitrogen and oxygen atoms in total. The van der Waals surface area contributed by atoms with E-state index in [1.807, 2.05) is 0 Å². The molecular weight excluding hydrogens is 869 g/mol. The lowest BCUT2D eigenvalue weighted by Gasteiger charge is -2.42. The third-order valence-corrected chi connectivity index (χ3v) is 17.1. The molecule has 2 fully saturated rings. The van der Waals surface area contributed by atoms with E-state index in [0.717, 1.165) is 0 Å². The van der Waals surface area contributed by atoms with E-state index >= 15 is 0 Å². The van der Waals surface area contributed by atoms with Crippen LogP contribution in [0.25, 0.3) is 11.1 Å². The van der Waals surface area contributed by atoms with Crippen LogP contribution in [0.1, 0.15) is 149 Å². The standard InChI is InChI=1S/C70H70N2/c1-47(2)49-15-31-59(32-16-49)71(61-35-19-53(20-36-61)51-11-7-5-8-12-51)63-39-23-55(24-40-63)65-43-27-57-30-46-68-66(44-28-58-29-45-67(65)69(57)70(58)68)56-25-41-64(42-26-56)72(60-33-17-50(18-34-60)48(3)4)62-37-21-54(22-38-62)52-13-9-6-10-14-52/h15-48,51-52,69-70H,5-14H2,1-4H3. The van der Waals surface area contributed by atoms with Gasteiger partial charge in [0.15, 0.2) is 0 Å². The van der Waals surface area contributed by atoms with Crippen molar-refractivity contribution >= 4 is 45.3 Å². The second-order valence-corrected chi connectivity index (χ2v) is 22.1. The molecule has 2 atom stereocenters. The molecular formula is C70H70N2. The van der Waals surface area contributed by atoms with E-state index in [4.69, 9.17) is 0 Å². The van der Waals surface area contributed by atoms with Crippen molar-refractivity contribution in [3.05, 3.63) is 250 Å². The molecule has 6 aromatic rings. The molecule has 6 aliphatic rings. The Morgan fingerprint density at radius 2 is 0.750 bits per heavy atom. The summed E-state index contributed by atoms with van der Waals surface area (Å²) in [7, 11) is 0. The Balaban J connectivity index is 0.828. The van der Waals surface area contributed by atoms with Gasteiger partial charge < -0.3 is 9.80 Å². The summed E-state index contributed by atoms with van der Waals surface area (Å²) in [5.74, 6) is 2.89. The Morgan fingerprint density at radius 3 is 1.21 bits per heavy atom. The Bertz CT molecular complexity index is 3130. The third kappa shape index (κ3) is 8.93. The minimum Gasteiger partial charge on any atom is -0.311 e. The number of rotatable bonds is 12. The van der Waals surface area contributed by atoms with Crippen LogP contribution in [-0.4, -0.2) is 0 Å². The molecule has 2 unspecified atom stereocenters. The molecule has 72 heavy (non-hydrogen) atoms. The van der Waals surface area contributed by atoms with E-state index in [0.29, 0.717) is 23.7 Å². The zero-order valence-electron chi connectivity index (χ0n) is 42.9. The van der Waals surface area contributed by atoms with Gasteiger partial charge in [0, 0.05) is 46.0 Å². The fourth-order valence-electron chi connectivity index (χ4n) is 13.0. The Hall–Kier alpha value is -6.90. The van der Waals surface area contributed by atoms with Crippen LogP contribution in [0.15, 0.2) is 216 Å². The predicted molar refractivity (Wildman–Crippen MR) is 306 cm³/mol. The predicted octanol–water partition coefficient (Wildman–Crippen LogP) is 20.0. The molecule has 360 valence electrons. The van der Waals surface area contributed by atoms with Crippen molar-refractivity contribution in [1.29, 1.82) is 0 Å². The maximum atomic E-state index is 2.43. The van der Waals surface area contributed by atoms with Crippen LogP contribution in [0.5, 0.6) is 0 Å². The van der Waals surface area contributed by atoms with E-state index in [1.165, 1.54) is 165 Å². The SMILES string of the molecule is CC(C)c1ccc(N(c2ccc(C3=CC=C4C=CC5=C(c6ccc(N(c7ccc(C(C)C)cc7)c7ccc(C8CCCCC8)cc7)cc6)C=CC6=CC=C3C4C65)cc2)c2ccc(C3CCCCC3)cc2)cc1. The maximum absolute atomic E-state index is 2.43. The average molecular weight is 939 g/mol. The highest BCUT2D eigenvalue weighted by Gasteiger charge is 2.40. The third-order valence-electron chi connectivity index (χ3n) is 17.1. The van der Waals surface area contributed by atoms with Gasteiger partial charge in [0.1, 0.15) is 0 Å². The topological polar surface area (TPSA) is 6.48 Å².